The summed E-state index contributed by atoms with van der Waals surface area (Å²) in [6.07, 6.45) is 0. The van der Waals surface area contributed by atoms with Gasteiger partial charge in [-0.2, -0.15) is 9.97 Å². The highest BCUT2D eigenvalue weighted by molar-refractivity contribution is 6.18. The molecule has 0 fully saturated rings. The summed E-state index contributed by atoms with van der Waals surface area (Å²) in [5, 5.41) is 3.49. The van der Waals surface area contributed by atoms with Gasteiger partial charge in [0, 0.05) is 43.4 Å². The molecule has 0 radical (unpaired) electrons. The first-order valence-electron chi connectivity index (χ1n) is 20.3. The zero-order chi connectivity index (χ0) is 40.4. The average molecular weight is 663 g/mol. The van der Waals surface area contributed by atoms with Gasteiger partial charge < -0.3 is 8.83 Å². The maximum atomic E-state index is 9.05. The van der Waals surface area contributed by atoms with Gasteiger partial charge in [-0.1, -0.05) is 127 Å². The molecule has 0 N–H and O–H groups in total. The van der Waals surface area contributed by atoms with Crippen LogP contribution in [0.4, 0.5) is 0 Å². The Kier molecular flexibility index (Phi) is 4.44. The van der Waals surface area contributed by atoms with Crippen molar-refractivity contribution in [3.63, 3.8) is 0 Å². The Morgan fingerprint density at radius 2 is 1.04 bits per heavy atom. The van der Waals surface area contributed by atoms with Gasteiger partial charge in [0.05, 0.1) is 27.6 Å². The number of nitrogens with zero attached hydrogens (tertiary/aromatic N) is 4. The molecule has 0 bridgehead atoms. The summed E-state index contributed by atoms with van der Waals surface area (Å²) in [5.41, 5.74) is 5.35. The summed E-state index contributed by atoms with van der Waals surface area (Å²) < 4.78 is 84.4. The van der Waals surface area contributed by atoms with Crippen molar-refractivity contribution in [3.05, 3.63) is 158 Å². The van der Waals surface area contributed by atoms with E-state index < -0.39 is 48.3 Å². The molecule has 0 saturated carbocycles. The lowest BCUT2D eigenvalue weighted by Crippen LogP contribution is -2.06. The van der Waals surface area contributed by atoms with Gasteiger partial charge in [0.15, 0.2) is 11.6 Å². The Morgan fingerprint density at radius 1 is 0.451 bits per heavy atom. The molecule has 7 aromatic carbocycles. The van der Waals surface area contributed by atoms with Crippen LogP contribution in [0.15, 0.2) is 166 Å². The summed E-state index contributed by atoms with van der Waals surface area (Å²) in [7, 11) is 0. The molecule has 6 heteroatoms. The molecule has 238 valence electrons. The first-order chi connectivity index (χ1) is 28.6. The minimum absolute atomic E-state index is 0.0763. The molecule has 6 nitrogen and oxygen atoms in total. The van der Waals surface area contributed by atoms with Crippen molar-refractivity contribution < 1.29 is 19.8 Å². The van der Waals surface area contributed by atoms with Gasteiger partial charge in [-0.15, -0.1) is 0 Å². The molecule has 0 atom stereocenters. The van der Waals surface area contributed by atoms with Crippen LogP contribution < -0.4 is 0 Å². The second-order valence-electron chi connectivity index (χ2n) is 12.2. The van der Waals surface area contributed by atoms with Crippen molar-refractivity contribution in [2.24, 2.45) is 0 Å². The number of aromatic nitrogens is 4. The largest absolute Gasteiger partial charge is 0.455 e. The average Bonchev–Trinajstić information content (AvgIpc) is 3.97. The Hall–Kier alpha value is -7.05. The van der Waals surface area contributed by atoms with Crippen LogP contribution in [0.2, 0.25) is 0 Å². The number of para-hydroxylation sites is 5. The van der Waals surface area contributed by atoms with E-state index in [0.29, 0.717) is 22.3 Å². The fraction of sp³-hybridized carbons (Fsp3) is 0. The predicted octanol–water partition coefficient (Wildman–Crippen LogP) is 11.8. The molecular formula is C45H26N4O2. The van der Waals surface area contributed by atoms with E-state index in [1.54, 1.807) is 0 Å². The van der Waals surface area contributed by atoms with Crippen LogP contribution in [0, 0.1) is 0 Å². The van der Waals surface area contributed by atoms with Crippen LogP contribution in [0.1, 0.15) is 11.0 Å². The quantitative estimate of drug-likeness (QED) is 0.188. The summed E-state index contributed by atoms with van der Waals surface area (Å²) in [6, 6.07) is 30.7. The number of hydrogen-bond donors (Lipinski definition) is 0. The fourth-order valence-electron chi connectivity index (χ4n) is 7.13. The Labute approximate surface area is 302 Å². The van der Waals surface area contributed by atoms with E-state index in [9.17, 15) is 0 Å². The molecule has 0 aliphatic carbocycles. The van der Waals surface area contributed by atoms with Crippen LogP contribution in [0.3, 0.4) is 0 Å². The maximum Gasteiger partial charge on any atom is 0.238 e. The third-order valence-corrected chi connectivity index (χ3v) is 9.35. The molecule has 11 rings (SSSR count). The fourth-order valence-corrected chi connectivity index (χ4v) is 7.13. The highest BCUT2D eigenvalue weighted by atomic mass is 16.3. The molecule has 0 saturated heterocycles. The van der Waals surface area contributed by atoms with Gasteiger partial charge in [-0.05, 0) is 35.8 Å². The van der Waals surface area contributed by atoms with Crippen molar-refractivity contribution in [1.29, 1.82) is 0 Å². The second kappa shape index (κ2) is 10.7. The van der Waals surface area contributed by atoms with E-state index >= 15 is 0 Å². The summed E-state index contributed by atoms with van der Waals surface area (Å²) in [5.74, 6) is 0.262. The maximum absolute atomic E-state index is 9.05. The van der Waals surface area contributed by atoms with Crippen LogP contribution >= 0.6 is 0 Å². The van der Waals surface area contributed by atoms with Crippen LogP contribution in [-0.2, 0) is 0 Å². The normalized spacial score (nSPS) is 14.1. The highest BCUT2D eigenvalue weighted by Gasteiger charge is 2.22. The Bertz CT molecular complexity index is 3540. The van der Waals surface area contributed by atoms with Gasteiger partial charge >= 0.3 is 0 Å². The Balaban J connectivity index is 1.22. The van der Waals surface area contributed by atoms with Crippen LogP contribution in [-0.4, -0.2) is 19.5 Å². The number of benzene rings is 7. The number of fused-ring (bicyclic) bond motifs is 9. The standard InChI is InChI=1S/C45H26N4O2/c1-2-13-27(14-3-1)43-46-44(48-45(47-43)49-36-23-7-4-15-28(36)29-16-5-8-24-37(29)49)35-22-11-21-34-40-31(18-12-26-39(40)51-42(34)35)33-20-10-19-32-30-17-6-9-25-38(30)50-41(32)33/h1-26H/i4D,5D,7D,8D,15D,16D,23D,24D. The van der Waals surface area contributed by atoms with E-state index in [2.05, 4.69) is 0 Å². The van der Waals surface area contributed by atoms with Crippen molar-refractivity contribution in [2.75, 3.05) is 0 Å². The van der Waals surface area contributed by atoms with Crippen molar-refractivity contribution in [2.45, 2.75) is 0 Å². The molecule has 0 aliphatic rings. The lowest BCUT2D eigenvalue weighted by Gasteiger charge is -2.11. The van der Waals surface area contributed by atoms with Crippen molar-refractivity contribution >= 4 is 65.7 Å². The topological polar surface area (TPSA) is 69.9 Å². The zero-order valence-corrected chi connectivity index (χ0v) is 26.5. The summed E-state index contributed by atoms with van der Waals surface area (Å²) in [4.78, 5) is 14.7. The van der Waals surface area contributed by atoms with E-state index in [4.69, 9.17) is 34.8 Å². The SMILES string of the molecule is [2H]c1c([2H])c([2H])c2c(c1[2H])c1c([2H])c([2H])c([2H])c([2H])c1n2-c1nc(-c2ccccc2)nc(-c2cccc3c2oc2cccc(-c4cccc5c4oc4ccccc45)c23)n1. The number of furan rings is 2. The van der Waals surface area contributed by atoms with Crippen molar-refractivity contribution in [1.82, 2.24) is 19.5 Å². The molecule has 4 aromatic heterocycles. The minimum Gasteiger partial charge on any atom is -0.455 e. The van der Waals surface area contributed by atoms with Gasteiger partial charge in [0.1, 0.15) is 22.3 Å². The van der Waals surface area contributed by atoms with Gasteiger partial charge in [0.25, 0.3) is 0 Å². The first-order valence-corrected chi connectivity index (χ1v) is 16.3. The van der Waals surface area contributed by atoms with Crippen molar-refractivity contribution in [3.8, 4) is 39.9 Å². The van der Waals surface area contributed by atoms with E-state index in [1.807, 2.05) is 109 Å². The van der Waals surface area contributed by atoms with E-state index in [1.165, 1.54) is 4.57 Å². The van der Waals surface area contributed by atoms with Crippen LogP contribution in [0.5, 0.6) is 0 Å². The number of hydrogen-bond acceptors (Lipinski definition) is 5. The minimum atomic E-state index is -0.541. The molecule has 51 heavy (non-hydrogen) atoms. The summed E-state index contributed by atoms with van der Waals surface area (Å²) >= 11 is 0. The summed E-state index contributed by atoms with van der Waals surface area (Å²) in [6.45, 7) is 0. The third kappa shape index (κ3) is 4.14. The van der Waals surface area contributed by atoms with E-state index in [0.717, 1.165) is 43.8 Å². The first kappa shape index (κ1) is 21.1. The van der Waals surface area contributed by atoms with E-state index in [-0.39, 0.29) is 39.4 Å². The molecule has 0 unspecified atom stereocenters. The van der Waals surface area contributed by atoms with Gasteiger partial charge in [-0.25, -0.2) is 4.98 Å². The molecule has 4 heterocycles. The molecular weight excluding hydrogens is 629 g/mol. The zero-order valence-electron chi connectivity index (χ0n) is 34.5. The highest BCUT2D eigenvalue weighted by Crippen LogP contribution is 2.43. The van der Waals surface area contributed by atoms with Gasteiger partial charge in [0.2, 0.25) is 5.95 Å². The Morgan fingerprint density at radius 3 is 1.86 bits per heavy atom. The molecule has 0 aliphatic heterocycles. The van der Waals surface area contributed by atoms with Gasteiger partial charge in [-0.3, -0.25) is 4.57 Å². The third-order valence-electron chi connectivity index (χ3n) is 9.35. The molecule has 0 spiro atoms. The smallest absolute Gasteiger partial charge is 0.238 e. The lowest BCUT2D eigenvalue weighted by molar-refractivity contribution is 0.669. The predicted molar refractivity (Wildman–Crippen MR) is 205 cm³/mol. The lowest BCUT2D eigenvalue weighted by atomic mass is 9.97. The van der Waals surface area contributed by atoms with Crippen LogP contribution in [0.25, 0.3) is 106 Å². The molecule has 0 amide bonds. The monoisotopic (exact) mass is 662 g/mol. The molecule has 11 aromatic rings. The number of rotatable bonds is 4. The second-order valence-corrected chi connectivity index (χ2v) is 12.2.